The minimum absolute atomic E-state index is 0.0266. The molecule has 2 amide bonds. The third-order valence-electron chi connectivity index (χ3n) is 2.98. The van der Waals surface area contributed by atoms with E-state index in [4.69, 9.17) is 10.2 Å². The fourth-order valence-electron chi connectivity index (χ4n) is 1.92. The second-order valence-electron chi connectivity index (χ2n) is 4.68. The minimum Gasteiger partial charge on any atom is -0.408 e. The zero-order valence-corrected chi connectivity index (χ0v) is 11.2. The maximum absolute atomic E-state index is 11.6. The zero-order chi connectivity index (χ0) is 14.9. The highest BCUT2D eigenvalue weighted by Gasteiger charge is 2.14. The van der Waals surface area contributed by atoms with Gasteiger partial charge >= 0.3 is 5.76 Å². The number of aromatic amines is 1. The molecule has 7 nitrogen and oxygen atoms in total. The number of carbonyl (C=O) groups excluding carboxylic acids is 2. The van der Waals surface area contributed by atoms with Crippen LogP contribution in [0.2, 0.25) is 0 Å². The lowest BCUT2D eigenvalue weighted by Gasteiger charge is -2.10. The van der Waals surface area contributed by atoms with Gasteiger partial charge in [0.15, 0.2) is 5.58 Å². The number of carbonyl (C=O) groups is 2. The number of aryl methyl sites for hydroxylation is 1. The average molecular weight is 277 g/mol. The van der Waals surface area contributed by atoms with E-state index in [1.54, 1.807) is 26.2 Å². The van der Waals surface area contributed by atoms with Gasteiger partial charge in [-0.05, 0) is 24.1 Å². The summed E-state index contributed by atoms with van der Waals surface area (Å²) in [5, 5.41) is 0. The molecule has 0 aliphatic carbocycles. The Balaban J connectivity index is 2.37. The Morgan fingerprint density at radius 3 is 2.65 bits per heavy atom. The van der Waals surface area contributed by atoms with Gasteiger partial charge in [0.2, 0.25) is 5.91 Å². The monoisotopic (exact) mass is 277 g/mol. The summed E-state index contributed by atoms with van der Waals surface area (Å²) in [5.41, 5.74) is 6.72. The maximum Gasteiger partial charge on any atom is 0.417 e. The van der Waals surface area contributed by atoms with Crippen molar-refractivity contribution in [3.8, 4) is 0 Å². The number of oxazole rings is 1. The summed E-state index contributed by atoms with van der Waals surface area (Å²) < 4.78 is 4.94. The summed E-state index contributed by atoms with van der Waals surface area (Å²) in [5.74, 6) is -1.34. The summed E-state index contributed by atoms with van der Waals surface area (Å²) in [7, 11) is 3.34. The lowest BCUT2D eigenvalue weighted by Crippen LogP contribution is -2.21. The molecule has 0 atom stereocenters. The van der Waals surface area contributed by atoms with Gasteiger partial charge in [-0.1, -0.05) is 0 Å². The number of primary amides is 1. The molecule has 0 bridgehead atoms. The first-order valence-corrected chi connectivity index (χ1v) is 6.04. The molecular weight excluding hydrogens is 262 g/mol. The van der Waals surface area contributed by atoms with Crippen LogP contribution in [0.25, 0.3) is 11.1 Å². The quantitative estimate of drug-likeness (QED) is 0.834. The number of nitrogens with two attached hydrogens (primary N) is 1. The number of rotatable bonds is 4. The number of amides is 2. The van der Waals surface area contributed by atoms with Crippen LogP contribution in [0.1, 0.15) is 22.3 Å². The summed E-state index contributed by atoms with van der Waals surface area (Å²) in [6.07, 6.45) is 0.730. The largest absolute Gasteiger partial charge is 0.417 e. The van der Waals surface area contributed by atoms with E-state index in [0.29, 0.717) is 18.4 Å². The molecule has 0 unspecified atom stereocenters. The molecule has 1 aromatic carbocycles. The summed E-state index contributed by atoms with van der Waals surface area (Å²) >= 11 is 0. The van der Waals surface area contributed by atoms with Crippen molar-refractivity contribution in [2.24, 2.45) is 5.73 Å². The van der Waals surface area contributed by atoms with Crippen molar-refractivity contribution in [3.05, 3.63) is 33.8 Å². The summed E-state index contributed by atoms with van der Waals surface area (Å²) in [4.78, 5) is 38.1. The molecule has 0 radical (unpaired) electrons. The van der Waals surface area contributed by atoms with Gasteiger partial charge in [0, 0.05) is 20.5 Å². The smallest absolute Gasteiger partial charge is 0.408 e. The van der Waals surface area contributed by atoms with Crippen molar-refractivity contribution in [1.29, 1.82) is 0 Å². The van der Waals surface area contributed by atoms with Gasteiger partial charge in [-0.25, -0.2) is 4.79 Å². The van der Waals surface area contributed by atoms with Crippen molar-refractivity contribution < 1.29 is 14.0 Å². The van der Waals surface area contributed by atoms with E-state index >= 15 is 0 Å². The summed E-state index contributed by atoms with van der Waals surface area (Å²) in [6, 6.07) is 3.20. The van der Waals surface area contributed by atoms with E-state index in [-0.39, 0.29) is 22.6 Å². The fourth-order valence-corrected chi connectivity index (χ4v) is 1.92. The molecule has 0 spiro atoms. The lowest BCUT2D eigenvalue weighted by molar-refractivity contribution is -0.128. The van der Waals surface area contributed by atoms with E-state index < -0.39 is 11.7 Å². The molecule has 20 heavy (non-hydrogen) atoms. The van der Waals surface area contributed by atoms with Gasteiger partial charge in [0.05, 0.1) is 11.1 Å². The number of fused-ring (bicyclic) bond motifs is 1. The third-order valence-corrected chi connectivity index (χ3v) is 2.98. The SMILES string of the molecule is CN(C)C(=O)CCc1cc(C(N)=O)c2[nH]c(=O)oc2c1. The van der Waals surface area contributed by atoms with Crippen molar-refractivity contribution in [1.82, 2.24) is 9.88 Å². The van der Waals surface area contributed by atoms with Crippen molar-refractivity contribution in [3.63, 3.8) is 0 Å². The Labute approximate surface area is 114 Å². The number of nitrogens with one attached hydrogen (secondary N) is 1. The highest BCUT2D eigenvalue weighted by molar-refractivity contribution is 6.03. The predicted molar refractivity (Wildman–Crippen MR) is 72.4 cm³/mol. The van der Waals surface area contributed by atoms with Crippen LogP contribution in [-0.4, -0.2) is 35.8 Å². The van der Waals surface area contributed by atoms with Gasteiger partial charge in [-0.2, -0.15) is 0 Å². The second kappa shape index (κ2) is 5.20. The third kappa shape index (κ3) is 2.71. The average Bonchev–Trinajstić information content (AvgIpc) is 2.74. The van der Waals surface area contributed by atoms with Crippen LogP contribution >= 0.6 is 0 Å². The van der Waals surface area contributed by atoms with Crippen molar-refractivity contribution in [2.75, 3.05) is 14.1 Å². The van der Waals surface area contributed by atoms with Crippen LogP contribution in [0, 0.1) is 0 Å². The minimum atomic E-state index is -0.659. The molecule has 106 valence electrons. The first-order valence-electron chi connectivity index (χ1n) is 6.04. The Hall–Kier alpha value is -2.57. The van der Waals surface area contributed by atoms with E-state index in [2.05, 4.69) is 4.98 Å². The van der Waals surface area contributed by atoms with Crippen LogP contribution in [0.3, 0.4) is 0 Å². The molecule has 2 rings (SSSR count). The van der Waals surface area contributed by atoms with E-state index in [1.165, 1.54) is 4.90 Å². The van der Waals surface area contributed by atoms with Crippen LogP contribution in [0.5, 0.6) is 0 Å². The Morgan fingerprint density at radius 2 is 2.05 bits per heavy atom. The number of hydrogen-bond donors (Lipinski definition) is 2. The molecule has 0 aliphatic rings. The number of hydrogen-bond acceptors (Lipinski definition) is 4. The highest BCUT2D eigenvalue weighted by atomic mass is 16.4. The number of aromatic nitrogens is 1. The van der Waals surface area contributed by atoms with Crippen LogP contribution in [0.15, 0.2) is 21.3 Å². The van der Waals surface area contributed by atoms with Crippen LogP contribution < -0.4 is 11.5 Å². The van der Waals surface area contributed by atoms with Crippen LogP contribution in [0.4, 0.5) is 0 Å². The lowest BCUT2D eigenvalue weighted by atomic mass is 10.0. The highest BCUT2D eigenvalue weighted by Crippen LogP contribution is 2.19. The molecule has 0 aliphatic heterocycles. The molecule has 0 fully saturated rings. The van der Waals surface area contributed by atoms with E-state index in [1.807, 2.05) is 0 Å². The molecule has 2 aromatic rings. The molecule has 7 heteroatoms. The van der Waals surface area contributed by atoms with Gasteiger partial charge in [-0.15, -0.1) is 0 Å². The van der Waals surface area contributed by atoms with Crippen molar-refractivity contribution in [2.45, 2.75) is 12.8 Å². The Bertz CT molecular complexity index is 727. The maximum atomic E-state index is 11.6. The van der Waals surface area contributed by atoms with Gasteiger partial charge in [-0.3, -0.25) is 14.6 Å². The van der Waals surface area contributed by atoms with E-state index in [0.717, 1.165) is 0 Å². The summed E-state index contributed by atoms with van der Waals surface area (Å²) in [6.45, 7) is 0. The van der Waals surface area contributed by atoms with E-state index in [9.17, 15) is 14.4 Å². The topological polar surface area (TPSA) is 109 Å². The molecule has 1 aromatic heterocycles. The first kappa shape index (κ1) is 13.9. The fraction of sp³-hybridized carbons (Fsp3) is 0.308. The van der Waals surface area contributed by atoms with Gasteiger partial charge < -0.3 is 15.1 Å². The Kier molecular flexibility index (Phi) is 3.60. The molecule has 1 heterocycles. The zero-order valence-electron chi connectivity index (χ0n) is 11.2. The number of benzene rings is 1. The Morgan fingerprint density at radius 1 is 1.35 bits per heavy atom. The van der Waals surface area contributed by atoms with Crippen LogP contribution in [-0.2, 0) is 11.2 Å². The standard InChI is InChI=1S/C13H15N3O4/c1-16(2)10(17)4-3-7-5-8(12(14)18)11-9(6-7)20-13(19)15-11/h5-6H,3-4H2,1-2H3,(H2,14,18)(H,15,19). The normalized spacial score (nSPS) is 10.7. The molecular formula is C13H15N3O4. The molecule has 0 saturated carbocycles. The number of H-pyrrole nitrogens is 1. The molecule has 3 N–H and O–H groups in total. The molecule has 0 saturated heterocycles. The second-order valence-corrected chi connectivity index (χ2v) is 4.68. The van der Waals surface area contributed by atoms with Gasteiger partial charge in [0.25, 0.3) is 5.91 Å². The number of nitrogens with zero attached hydrogens (tertiary/aromatic N) is 1. The van der Waals surface area contributed by atoms with Crippen molar-refractivity contribution >= 4 is 22.9 Å². The predicted octanol–water partition coefficient (Wildman–Crippen LogP) is 0.241. The first-order chi connectivity index (χ1) is 9.38. The van der Waals surface area contributed by atoms with Gasteiger partial charge in [0.1, 0.15) is 0 Å².